The predicted molar refractivity (Wildman–Crippen MR) is 115 cm³/mol. The summed E-state index contributed by atoms with van der Waals surface area (Å²) in [5.41, 5.74) is 1.90. The van der Waals surface area contributed by atoms with Crippen molar-refractivity contribution in [1.29, 1.82) is 0 Å². The molecule has 0 unspecified atom stereocenters. The van der Waals surface area contributed by atoms with Crippen molar-refractivity contribution >= 4 is 28.5 Å². The van der Waals surface area contributed by atoms with Gasteiger partial charge in [0, 0.05) is 23.8 Å². The van der Waals surface area contributed by atoms with E-state index in [0.717, 1.165) is 11.3 Å². The van der Waals surface area contributed by atoms with Crippen molar-refractivity contribution in [3.05, 3.63) is 80.6 Å². The first-order valence-electron chi connectivity index (χ1n) is 9.11. The summed E-state index contributed by atoms with van der Waals surface area (Å²) in [5, 5.41) is 0.526. The second kappa shape index (κ2) is 6.64. The first kappa shape index (κ1) is 18.3. The fourth-order valence-corrected chi connectivity index (χ4v) is 3.81. The Morgan fingerprint density at radius 1 is 1.10 bits per heavy atom. The predicted octanol–water partition coefficient (Wildman–Crippen LogP) is 2.99. The van der Waals surface area contributed by atoms with Gasteiger partial charge in [-0.3, -0.25) is 23.3 Å². The van der Waals surface area contributed by atoms with E-state index in [1.165, 1.54) is 4.57 Å². The summed E-state index contributed by atoms with van der Waals surface area (Å²) in [5.74, 6) is 1.04. The molecule has 0 atom stereocenters. The van der Waals surface area contributed by atoms with Crippen LogP contribution in [0.3, 0.4) is 0 Å². The van der Waals surface area contributed by atoms with Crippen molar-refractivity contribution in [3.63, 3.8) is 0 Å². The number of hydrogen-bond acceptors (Lipinski definition) is 4. The van der Waals surface area contributed by atoms with E-state index in [1.54, 1.807) is 36.8 Å². The Balaban J connectivity index is 1.99. The summed E-state index contributed by atoms with van der Waals surface area (Å²) >= 11 is 6.29. The highest BCUT2D eigenvalue weighted by molar-refractivity contribution is 6.30. The Morgan fingerprint density at radius 2 is 1.87 bits per heavy atom. The SMILES string of the molecule is COc1ccc(Cl)cc1-n1c(-c2ccccc2)cn2c3c(=O)[nH]c(=O)n(C)c3nc12. The number of hydrogen-bond donors (Lipinski definition) is 1. The number of methoxy groups -OCH3 is 1. The van der Waals surface area contributed by atoms with Gasteiger partial charge in [0.15, 0.2) is 11.2 Å². The number of aromatic amines is 1. The summed E-state index contributed by atoms with van der Waals surface area (Å²) in [7, 11) is 3.14. The van der Waals surface area contributed by atoms with E-state index in [0.29, 0.717) is 22.2 Å². The van der Waals surface area contributed by atoms with Crippen LogP contribution in [0.4, 0.5) is 0 Å². The lowest BCUT2D eigenvalue weighted by Gasteiger charge is -2.13. The molecule has 3 heterocycles. The lowest BCUT2D eigenvalue weighted by Crippen LogP contribution is -2.28. The molecule has 9 heteroatoms. The molecule has 30 heavy (non-hydrogen) atoms. The van der Waals surface area contributed by atoms with Crippen molar-refractivity contribution in [3.8, 4) is 22.7 Å². The van der Waals surface area contributed by atoms with E-state index in [1.807, 2.05) is 41.1 Å². The quantitative estimate of drug-likeness (QED) is 0.485. The van der Waals surface area contributed by atoms with Crippen molar-refractivity contribution < 1.29 is 4.74 Å². The van der Waals surface area contributed by atoms with Crippen molar-refractivity contribution in [2.75, 3.05) is 7.11 Å². The van der Waals surface area contributed by atoms with Crippen LogP contribution in [0.25, 0.3) is 33.9 Å². The topological polar surface area (TPSA) is 86.3 Å². The average molecular weight is 422 g/mol. The molecule has 0 fully saturated rings. The second-order valence-corrected chi connectivity index (χ2v) is 7.24. The number of nitrogens with one attached hydrogen (secondary N) is 1. The van der Waals surface area contributed by atoms with E-state index >= 15 is 0 Å². The van der Waals surface area contributed by atoms with Gasteiger partial charge in [0.2, 0.25) is 5.78 Å². The van der Waals surface area contributed by atoms with Gasteiger partial charge in [-0.25, -0.2) is 4.79 Å². The minimum absolute atomic E-state index is 0.282. The molecule has 0 aliphatic heterocycles. The standard InChI is InChI=1S/C21H16ClN5O3/c1-25-18-17(19(28)24-21(25)29)26-11-15(12-6-4-3-5-7-12)27(20(26)23-18)14-10-13(22)8-9-16(14)30-2/h3-11H,1-2H3,(H,24,28,29). The highest BCUT2D eigenvalue weighted by Crippen LogP contribution is 2.34. The molecule has 0 aliphatic rings. The number of fused-ring (bicyclic) bond motifs is 3. The largest absolute Gasteiger partial charge is 0.495 e. The minimum atomic E-state index is -0.525. The number of ether oxygens (including phenoxy) is 1. The maximum absolute atomic E-state index is 12.6. The van der Waals surface area contributed by atoms with E-state index < -0.39 is 11.2 Å². The summed E-state index contributed by atoms with van der Waals surface area (Å²) in [4.78, 5) is 31.6. The monoisotopic (exact) mass is 421 g/mol. The highest BCUT2D eigenvalue weighted by atomic mass is 35.5. The van der Waals surface area contributed by atoms with E-state index in [-0.39, 0.29) is 11.2 Å². The van der Waals surface area contributed by atoms with Gasteiger partial charge >= 0.3 is 5.69 Å². The lowest BCUT2D eigenvalue weighted by molar-refractivity contribution is 0.413. The number of nitrogens with zero attached hydrogens (tertiary/aromatic N) is 4. The minimum Gasteiger partial charge on any atom is -0.495 e. The van der Waals surface area contributed by atoms with Crippen molar-refractivity contribution in [1.82, 2.24) is 23.5 Å². The average Bonchev–Trinajstić information content (AvgIpc) is 3.29. The number of benzene rings is 2. The zero-order chi connectivity index (χ0) is 21.0. The van der Waals surface area contributed by atoms with Crippen LogP contribution in [0.2, 0.25) is 5.02 Å². The van der Waals surface area contributed by atoms with Crippen LogP contribution in [0.1, 0.15) is 0 Å². The molecule has 0 aliphatic carbocycles. The van der Waals surface area contributed by atoms with Gasteiger partial charge in [0.25, 0.3) is 5.56 Å². The summed E-state index contributed by atoms with van der Waals surface area (Å²) in [6.07, 6.45) is 1.82. The normalized spacial score (nSPS) is 11.4. The zero-order valence-corrected chi connectivity index (χ0v) is 16.8. The molecular formula is C21H16ClN5O3. The third-order valence-electron chi connectivity index (χ3n) is 5.08. The fraction of sp³-hybridized carbons (Fsp3) is 0.0952. The Kier molecular flexibility index (Phi) is 4.04. The molecule has 2 aromatic carbocycles. The third kappa shape index (κ3) is 2.57. The molecule has 0 spiro atoms. The van der Waals surface area contributed by atoms with Crippen LogP contribution in [0.5, 0.6) is 5.75 Å². The second-order valence-electron chi connectivity index (χ2n) is 6.80. The van der Waals surface area contributed by atoms with E-state index in [4.69, 9.17) is 16.3 Å². The fourth-order valence-electron chi connectivity index (χ4n) is 3.65. The van der Waals surface area contributed by atoms with Crippen LogP contribution in [0.15, 0.2) is 64.3 Å². The van der Waals surface area contributed by atoms with Crippen molar-refractivity contribution in [2.24, 2.45) is 7.05 Å². The summed E-state index contributed by atoms with van der Waals surface area (Å²) < 4.78 is 10.4. The maximum Gasteiger partial charge on any atom is 0.329 e. The molecule has 0 radical (unpaired) electrons. The summed E-state index contributed by atoms with van der Waals surface area (Å²) in [6, 6.07) is 15.0. The number of H-pyrrole nitrogens is 1. The highest BCUT2D eigenvalue weighted by Gasteiger charge is 2.22. The number of rotatable bonds is 3. The third-order valence-corrected chi connectivity index (χ3v) is 5.31. The number of imidazole rings is 2. The van der Waals surface area contributed by atoms with Crippen LogP contribution < -0.4 is 16.0 Å². The van der Waals surface area contributed by atoms with Crippen LogP contribution in [-0.4, -0.2) is 30.6 Å². The molecule has 5 aromatic rings. The molecule has 150 valence electrons. The lowest BCUT2D eigenvalue weighted by atomic mass is 10.1. The zero-order valence-electron chi connectivity index (χ0n) is 16.1. The molecule has 0 saturated carbocycles. The molecule has 1 N–H and O–H groups in total. The first-order valence-corrected chi connectivity index (χ1v) is 9.49. The Hall–Kier alpha value is -3.78. The Bertz CT molecular complexity index is 1540. The van der Waals surface area contributed by atoms with E-state index in [9.17, 15) is 9.59 Å². The molecule has 5 rings (SSSR count). The van der Waals surface area contributed by atoms with Gasteiger partial charge < -0.3 is 4.74 Å². The van der Waals surface area contributed by atoms with Gasteiger partial charge in [-0.2, -0.15) is 4.98 Å². The van der Waals surface area contributed by atoms with Crippen LogP contribution in [0, 0.1) is 0 Å². The van der Waals surface area contributed by atoms with Crippen LogP contribution >= 0.6 is 11.6 Å². The van der Waals surface area contributed by atoms with Crippen molar-refractivity contribution in [2.45, 2.75) is 0 Å². The maximum atomic E-state index is 12.6. The van der Waals surface area contributed by atoms with E-state index in [2.05, 4.69) is 9.97 Å². The molecule has 8 nitrogen and oxygen atoms in total. The van der Waals surface area contributed by atoms with Gasteiger partial charge in [-0.15, -0.1) is 0 Å². The van der Waals surface area contributed by atoms with Gasteiger partial charge in [-0.05, 0) is 18.2 Å². The molecule has 0 saturated heterocycles. The molecular weight excluding hydrogens is 406 g/mol. The molecule has 0 bridgehead atoms. The smallest absolute Gasteiger partial charge is 0.329 e. The van der Waals surface area contributed by atoms with Gasteiger partial charge in [-0.1, -0.05) is 41.9 Å². The first-order chi connectivity index (χ1) is 14.5. The number of halogens is 1. The van der Waals surface area contributed by atoms with Gasteiger partial charge in [0.1, 0.15) is 5.75 Å². The number of aromatic nitrogens is 5. The molecule has 3 aromatic heterocycles. The van der Waals surface area contributed by atoms with Crippen LogP contribution in [-0.2, 0) is 7.05 Å². The molecule has 0 amide bonds. The summed E-state index contributed by atoms with van der Waals surface area (Å²) in [6.45, 7) is 0. The van der Waals surface area contributed by atoms with Gasteiger partial charge in [0.05, 0.1) is 18.5 Å². The number of aryl methyl sites for hydroxylation is 1. The Morgan fingerprint density at radius 3 is 2.60 bits per heavy atom. The Labute approximate surface area is 174 Å².